The maximum absolute atomic E-state index is 11.7. The summed E-state index contributed by atoms with van der Waals surface area (Å²) in [6, 6.07) is 1.67. The smallest absolute Gasteiger partial charge is 0.246 e. The molecular formula is C13H19N3O2. The van der Waals surface area contributed by atoms with Crippen LogP contribution in [0, 0.1) is 0 Å². The highest BCUT2D eigenvalue weighted by Crippen LogP contribution is 2.11. The van der Waals surface area contributed by atoms with Gasteiger partial charge in [-0.2, -0.15) is 0 Å². The number of carbonyl (C=O) groups is 2. The fourth-order valence-corrected chi connectivity index (χ4v) is 2.15. The molecule has 2 rings (SSSR count). The van der Waals surface area contributed by atoms with Crippen LogP contribution >= 0.6 is 0 Å². The predicted molar refractivity (Wildman–Crippen MR) is 67.7 cm³/mol. The number of aromatic nitrogens is 1. The van der Waals surface area contributed by atoms with Gasteiger partial charge in [-0.25, -0.2) is 0 Å². The lowest BCUT2D eigenvalue weighted by molar-refractivity contribution is -0.137. The van der Waals surface area contributed by atoms with Crippen molar-refractivity contribution < 1.29 is 9.59 Å². The van der Waals surface area contributed by atoms with Gasteiger partial charge in [-0.15, -0.1) is 0 Å². The highest BCUT2D eigenvalue weighted by atomic mass is 16.2. The van der Waals surface area contributed by atoms with E-state index in [9.17, 15) is 9.59 Å². The van der Waals surface area contributed by atoms with Gasteiger partial charge in [-0.1, -0.05) is 6.92 Å². The van der Waals surface area contributed by atoms with E-state index in [0.29, 0.717) is 6.54 Å². The minimum absolute atomic E-state index is 0.110. The molecule has 1 atom stereocenters. The Bertz CT molecular complexity index is 453. The number of nitrogens with one attached hydrogen (secondary N) is 1. The van der Waals surface area contributed by atoms with Crippen molar-refractivity contribution in [2.45, 2.75) is 38.9 Å². The van der Waals surface area contributed by atoms with Crippen LogP contribution in [0.3, 0.4) is 0 Å². The number of nitrogens with zero attached hydrogens (tertiary/aromatic N) is 2. The molecule has 5 nitrogen and oxygen atoms in total. The summed E-state index contributed by atoms with van der Waals surface area (Å²) in [6.45, 7) is 3.76. The molecule has 2 heterocycles. The van der Waals surface area contributed by atoms with Gasteiger partial charge < -0.3 is 9.88 Å². The molecule has 0 saturated carbocycles. The molecule has 98 valence electrons. The Hall–Kier alpha value is -1.62. The summed E-state index contributed by atoms with van der Waals surface area (Å²) in [7, 11) is 1.53. The van der Waals surface area contributed by atoms with Crippen molar-refractivity contribution in [1.29, 1.82) is 0 Å². The number of imide groups is 1. The second-order valence-electron chi connectivity index (χ2n) is 4.69. The zero-order valence-electron chi connectivity index (χ0n) is 10.8. The van der Waals surface area contributed by atoms with Crippen LogP contribution in [0.15, 0.2) is 18.5 Å². The standard InChI is InChI=1S/C13H19N3O2/c1-3-5-16-6-4-10(9-16)8-14-11-7-12(17)15(2)13(11)18/h4,6,9,11,14H,3,5,7-8H2,1-2H3. The van der Waals surface area contributed by atoms with Crippen LogP contribution in [0.5, 0.6) is 0 Å². The normalized spacial score (nSPS) is 19.9. The van der Waals surface area contributed by atoms with Crippen LogP contribution in [-0.2, 0) is 22.7 Å². The number of aryl methyl sites for hydroxylation is 1. The number of rotatable bonds is 5. The zero-order chi connectivity index (χ0) is 13.1. The second kappa shape index (κ2) is 5.35. The van der Waals surface area contributed by atoms with Gasteiger partial charge in [0.25, 0.3) is 0 Å². The van der Waals surface area contributed by atoms with Crippen LogP contribution in [0.2, 0.25) is 0 Å². The largest absolute Gasteiger partial charge is 0.354 e. The number of likely N-dealkylation sites (N-methyl/N-ethyl adjacent to an activating group) is 1. The lowest BCUT2D eigenvalue weighted by Gasteiger charge is -2.10. The van der Waals surface area contributed by atoms with Gasteiger partial charge in [0.05, 0.1) is 12.5 Å². The van der Waals surface area contributed by atoms with Gasteiger partial charge in [0.15, 0.2) is 0 Å². The summed E-state index contributed by atoms with van der Waals surface area (Å²) in [5, 5.41) is 3.14. The Morgan fingerprint density at radius 2 is 2.22 bits per heavy atom. The van der Waals surface area contributed by atoms with Crippen molar-refractivity contribution in [3.05, 3.63) is 24.0 Å². The molecule has 1 aromatic rings. The van der Waals surface area contributed by atoms with Gasteiger partial charge in [-0.05, 0) is 18.1 Å². The third-order valence-corrected chi connectivity index (χ3v) is 3.23. The van der Waals surface area contributed by atoms with Crippen molar-refractivity contribution in [3.63, 3.8) is 0 Å². The average Bonchev–Trinajstić information content (AvgIpc) is 2.88. The van der Waals surface area contributed by atoms with Gasteiger partial charge in [0, 0.05) is 32.5 Å². The molecular weight excluding hydrogens is 230 g/mol. The molecule has 0 aliphatic carbocycles. The van der Waals surface area contributed by atoms with Crippen LogP contribution in [0.25, 0.3) is 0 Å². The number of amides is 2. The summed E-state index contributed by atoms with van der Waals surface area (Å²) in [5.74, 6) is -0.242. The predicted octanol–water partition coefficient (Wildman–Crippen LogP) is 0.745. The minimum Gasteiger partial charge on any atom is -0.354 e. The fraction of sp³-hybridized carbons (Fsp3) is 0.538. The number of hydrogen-bond acceptors (Lipinski definition) is 3. The van der Waals surface area contributed by atoms with Gasteiger partial charge in [0.2, 0.25) is 11.8 Å². The first kappa shape index (κ1) is 12.8. The molecule has 1 aromatic heterocycles. The maximum atomic E-state index is 11.7. The van der Waals surface area contributed by atoms with E-state index in [-0.39, 0.29) is 24.3 Å². The minimum atomic E-state index is -0.364. The Labute approximate surface area is 107 Å². The van der Waals surface area contributed by atoms with Crippen LogP contribution in [0.1, 0.15) is 25.3 Å². The number of hydrogen-bond donors (Lipinski definition) is 1. The molecule has 1 aliphatic heterocycles. The van der Waals surface area contributed by atoms with Crippen molar-refractivity contribution in [2.75, 3.05) is 7.05 Å². The van der Waals surface area contributed by atoms with E-state index in [1.54, 1.807) is 0 Å². The fourth-order valence-electron chi connectivity index (χ4n) is 2.15. The van der Waals surface area contributed by atoms with E-state index in [4.69, 9.17) is 0 Å². The molecule has 1 N–H and O–H groups in total. The molecule has 1 aliphatic rings. The van der Waals surface area contributed by atoms with E-state index in [1.807, 2.05) is 12.3 Å². The summed E-state index contributed by atoms with van der Waals surface area (Å²) in [4.78, 5) is 24.2. The van der Waals surface area contributed by atoms with Crippen molar-refractivity contribution >= 4 is 11.8 Å². The first-order valence-corrected chi connectivity index (χ1v) is 6.30. The molecule has 1 fully saturated rings. The number of likely N-dealkylation sites (tertiary alicyclic amines) is 1. The molecule has 0 aromatic carbocycles. The molecule has 0 radical (unpaired) electrons. The Morgan fingerprint density at radius 1 is 1.44 bits per heavy atom. The highest BCUT2D eigenvalue weighted by molar-refractivity contribution is 6.05. The summed E-state index contributed by atoms with van der Waals surface area (Å²) in [6.07, 6.45) is 5.47. The lowest BCUT2D eigenvalue weighted by Crippen LogP contribution is -2.36. The molecule has 1 unspecified atom stereocenters. The summed E-state index contributed by atoms with van der Waals surface area (Å²) >= 11 is 0. The molecule has 2 amide bonds. The zero-order valence-corrected chi connectivity index (χ0v) is 10.8. The van der Waals surface area contributed by atoms with Gasteiger partial charge in [0.1, 0.15) is 0 Å². The van der Waals surface area contributed by atoms with Gasteiger partial charge in [-0.3, -0.25) is 14.5 Å². The van der Waals surface area contributed by atoms with Crippen molar-refractivity contribution in [2.24, 2.45) is 0 Å². The first-order valence-electron chi connectivity index (χ1n) is 6.30. The average molecular weight is 249 g/mol. The second-order valence-corrected chi connectivity index (χ2v) is 4.69. The third kappa shape index (κ3) is 2.61. The highest BCUT2D eigenvalue weighted by Gasteiger charge is 2.35. The monoisotopic (exact) mass is 249 g/mol. The third-order valence-electron chi connectivity index (χ3n) is 3.23. The SMILES string of the molecule is CCCn1ccc(CNC2CC(=O)N(C)C2=O)c1. The van der Waals surface area contributed by atoms with E-state index in [1.165, 1.54) is 11.9 Å². The molecule has 18 heavy (non-hydrogen) atoms. The molecule has 5 heteroatoms. The maximum Gasteiger partial charge on any atom is 0.246 e. The van der Waals surface area contributed by atoms with E-state index in [0.717, 1.165) is 18.5 Å². The van der Waals surface area contributed by atoms with Crippen LogP contribution in [-0.4, -0.2) is 34.4 Å². The van der Waals surface area contributed by atoms with E-state index >= 15 is 0 Å². The first-order chi connectivity index (χ1) is 8.61. The van der Waals surface area contributed by atoms with Crippen molar-refractivity contribution in [1.82, 2.24) is 14.8 Å². The molecule has 0 bridgehead atoms. The Kier molecular flexibility index (Phi) is 3.81. The topological polar surface area (TPSA) is 54.3 Å². The lowest BCUT2D eigenvalue weighted by atomic mass is 10.2. The Morgan fingerprint density at radius 3 is 2.83 bits per heavy atom. The van der Waals surface area contributed by atoms with Crippen molar-refractivity contribution in [3.8, 4) is 0 Å². The summed E-state index contributed by atoms with van der Waals surface area (Å²) < 4.78 is 2.13. The quantitative estimate of drug-likeness (QED) is 0.783. The molecule has 1 saturated heterocycles. The van der Waals surface area contributed by atoms with E-state index in [2.05, 4.69) is 23.0 Å². The van der Waals surface area contributed by atoms with Crippen LogP contribution < -0.4 is 5.32 Å². The van der Waals surface area contributed by atoms with E-state index < -0.39 is 0 Å². The number of carbonyl (C=O) groups excluding carboxylic acids is 2. The molecule has 0 spiro atoms. The van der Waals surface area contributed by atoms with Crippen LogP contribution in [0.4, 0.5) is 0 Å². The summed E-state index contributed by atoms with van der Waals surface area (Å²) in [5.41, 5.74) is 1.14. The van der Waals surface area contributed by atoms with Gasteiger partial charge >= 0.3 is 0 Å². The Balaban J connectivity index is 1.88.